The number of benzene rings is 1. The summed E-state index contributed by atoms with van der Waals surface area (Å²) < 4.78 is 63.3. The van der Waals surface area contributed by atoms with Crippen LogP contribution in [0.15, 0.2) is 46.0 Å². The summed E-state index contributed by atoms with van der Waals surface area (Å²) in [7, 11) is -7.33. The van der Waals surface area contributed by atoms with Crippen molar-refractivity contribution in [1.29, 1.82) is 0 Å². The van der Waals surface area contributed by atoms with Crippen LogP contribution in [0.5, 0.6) is 0 Å². The number of rotatable bonds is 6. The van der Waals surface area contributed by atoms with Gasteiger partial charge in [-0.1, -0.05) is 18.2 Å². The molecule has 0 saturated carbocycles. The molecular formula is C13H14FNO4S3. The van der Waals surface area contributed by atoms with Crippen LogP contribution in [0.1, 0.15) is 10.8 Å². The third-order valence-corrected chi connectivity index (χ3v) is 7.15. The molecule has 1 aromatic carbocycles. The van der Waals surface area contributed by atoms with Gasteiger partial charge in [-0.15, -0.1) is 11.3 Å². The van der Waals surface area contributed by atoms with Crippen LogP contribution in [-0.4, -0.2) is 29.6 Å². The van der Waals surface area contributed by atoms with E-state index in [1.165, 1.54) is 18.2 Å². The monoisotopic (exact) mass is 363 g/mol. The van der Waals surface area contributed by atoms with Gasteiger partial charge in [-0.05, 0) is 29.1 Å². The molecule has 0 aliphatic heterocycles. The van der Waals surface area contributed by atoms with Gasteiger partial charge in [-0.2, -0.15) is 0 Å². The highest BCUT2D eigenvalue weighted by Crippen LogP contribution is 2.31. The third-order valence-electron chi connectivity index (χ3n) is 2.92. The normalized spacial score (nSPS) is 13.9. The molecule has 1 aromatic heterocycles. The molecule has 0 radical (unpaired) electrons. The van der Waals surface area contributed by atoms with E-state index in [0.29, 0.717) is 5.56 Å². The highest BCUT2D eigenvalue weighted by molar-refractivity contribution is 7.93. The Hall–Kier alpha value is -1.29. The summed E-state index contributed by atoms with van der Waals surface area (Å²) in [5, 5.41) is 0.500. The number of hydrogen-bond acceptors (Lipinski definition) is 5. The lowest BCUT2D eigenvalue weighted by atomic mass is 10.1. The first kappa shape index (κ1) is 17.1. The summed E-state index contributed by atoms with van der Waals surface area (Å²) in [5.74, 6) is -0.493. The predicted octanol–water partition coefficient (Wildman–Crippen LogP) is 1.95. The van der Waals surface area contributed by atoms with Gasteiger partial charge in [0.15, 0.2) is 9.84 Å². The van der Waals surface area contributed by atoms with Gasteiger partial charge < -0.3 is 0 Å². The van der Waals surface area contributed by atoms with Gasteiger partial charge in [0.1, 0.15) is 15.3 Å². The molecule has 1 atom stereocenters. The molecule has 9 heteroatoms. The Morgan fingerprint density at radius 2 is 1.77 bits per heavy atom. The van der Waals surface area contributed by atoms with E-state index in [0.717, 1.165) is 29.7 Å². The Kier molecular flexibility index (Phi) is 5.00. The van der Waals surface area contributed by atoms with E-state index < -0.39 is 30.9 Å². The summed E-state index contributed by atoms with van der Waals surface area (Å²) in [5.41, 5.74) is 0.325. The minimum Gasteiger partial charge on any atom is -0.222 e. The van der Waals surface area contributed by atoms with E-state index in [1.54, 1.807) is 11.4 Å². The summed E-state index contributed by atoms with van der Waals surface area (Å²) in [4.78, 5) is 0. The van der Waals surface area contributed by atoms with Crippen LogP contribution < -0.4 is 4.72 Å². The largest absolute Gasteiger partial charge is 0.222 e. The van der Waals surface area contributed by atoms with Crippen LogP contribution in [0.4, 0.5) is 4.39 Å². The summed E-state index contributed by atoms with van der Waals surface area (Å²) in [6.45, 7) is -0.315. The summed E-state index contributed by atoms with van der Waals surface area (Å²) in [6, 6.07) is 8.03. The molecule has 0 amide bonds. The van der Waals surface area contributed by atoms with Crippen LogP contribution >= 0.6 is 11.3 Å². The fourth-order valence-corrected chi connectivity index (χ4v) is 5.32. The molecule has 0 fully saturated rings. The fraction of sp³-hybridized carbons (Fsp3) is 0.231. The second kappa shape index (κ2) is 6.45. The van der Waals surface area contributed by atoms with E-state index in [9.17, 15) is 21.2 Å². The quantitative estimate of drug-likeness (QED) is 0.851. The molecule has 0 spiro atoms. The van der Waals surface area contributed by atoms with Crippen molar-refractivity contribution in [2.45, 2.75) is 9.46 Å². The van der Waals surface area contributed by atoms with E-state index in [1.807, 2.05) is 0 Å². The third kappa shape index (κ3) is 4.13. The van der Waals surface area contributed by atoms with Crippen molar-refractivity contribution in [2.24, 2.45) is 0 Å². The molecule has 120 valence electrons. The first-order valence-electron chi connectivity index (χ1n) is 6.17. The topological polar surface area (TPSA) is 80.3 Å². The minimum atomic E-state index is -3.78. The standard InChI is InChI=1S/C13H14FNO4S3/c1-21(16,17)15-9-12(10-4-6-11(14)7-5-10)22(18,19)13-3-2-8-20-13/h2-8,12,15H,9H2,1H3/t12-/m0/s1. The second-order valence-corrected chi connectivity index (χ2v) is 9.78. The molecular weight excluding hydrogens is 349 g/mol. The number of halogens is 1. The van der Waals surface area contributed by atoms with Gasteiger partial charge in [0.05, 0.1) is 6.26 Å². The van der Waals surface area contributed by atoms with Crippen molar-refractivity contribution in [2.75, 3.05) is 12.8 Å². The maximum Gasteiger partial charge on any atom is 0.208 e. The number of thiophene rings is 1. The van der Waals surface area contributed by atoms with Crippen molar-refractivity contribution in [1.82, 2.24) is 4.72 Å². The maximum atomic E-state index is 13.0. The molecule has 0 aliphatic carbocycles. The average molecular weight is 363 g/mol. The van der Waals surface area contributed by atoms with Crippen molar-refractivity contribution >= 4 is 31.2 Å². The molecule has 0 saturated heterocycles. The average Bonchev–Trinajstić information content (AvgIpc) is 2.94. The molecule has 0 aliphatic rings. The van der Waals surface area contributed by atoms with Crippen LogP contribution in [0, 0.1) is 5.82 Å². The van der Waals surface area contributed by atoms with E-state index in [-0.39, 0.29) is 10.8 Å². The minimum absolute atomic E-state index is 0.136. The maximum absolute atomic E-state index is 13.0. The molecule has 22 heavy (non-hydrogen) atoms. The van der Waals surface area contributed by atoms with Gasteiger partial charge in [0.25, 0.3) is 0 Å². The number of sulfone groups is 1. The van der Waals surface area contributed by atoms with Gasteiger partial charge in [0.2, 0.25) is 10.0 Å². The zero-order valence-electron chi connectivity index (χ0n) is 11.6. The van der Waals surface area contributed by atoms with E-state index in [4.69, 9.17) is 0 Å². The van der Waals surface area contributed by atoms with Crippen molar-refractivity contribution < 1.29 is 21.2 Å². The van der Waals surface area contributed by atoms with Gasteiger partial charge in [0, 0.05) is 6.54 Å². The molecule has 0 bridgehead atoms. The lowest BCUT2D eigenvalue weighted by Crippen LogP contribution is -2.31. The zero-order valence-corrected chi connectivity index (χ0v) is 14.0. The van der Waals surface area contributed by atoms with E-state index >= 15 is 0 Å². The highest BCUT2D eigenvalue weighted by Gasteiger charge is 2.30. The molecule has 1 heterocycles. The summed E-state index contributed by atoms with van der Waals surface area (Å²) >= 11 is 1.05. The fourth-order valence-electron chi connectivity index (χ4n) is 1.88. The van der Waals surface area contributed by atoms with Crippen LogP contribution in [0.25, 0.3) is 0 Å². The first-order valence-corrected chi connectivity index (χ1v) is 10.5. The first-order chi connectivity index (χ1) is 10.2. The predicted molar refractivity (Wildman–Crippen MR) is 83.5 cm³/mol. The van der Waals surface area contributed by atoms with Crippen molar-refractivity contribution in [3.8, 4) is 0 Å². The lowest BCUT2D eigenvalue weighted by molar-refractivity contribution is 0.572. The molecule has 2 aromatic rings. The Bertz CT molecular complexity index is 828. The highest BCUT2D eigenvalue weighted by atomic mass is 32.2. The van der Waals surface area contributed by atoms with Gasteiger partial charge >= 0.3 is 0 Å². The molecule has 0 unspecified atom stereocenters. The smallest absolute Gasteiger partial charge is 0.208 e. The van der Waals surface area contributed by atoms with Gasteiger partial charge in [-0.25, -0.2) is 25.9 Å². The molecule has 1 N–H and O–H groups in total. The Balaban J connectivity index is 2.43. The number of hydrogen-bond donors (Lipinski definition) is 1. The Morgan fingerprint density at radius 3 is 2.27 bits per heavy atom. The lowest BCUT2D eigenvalue weighted by Gasteiger charge is -2.17. The summed E-state index contributed by atoms with van der Waals surface area (Å²) in [6.07, 6.45) is 0.951. The van der Waals surface area contributed by atoms with E-state index in [2.05, 4.69) is 4.72 Å². The molecule has 2 rings (SSSR count). The Morgan fingerprint density at radius 1 is 1.14 bits per heavy atom. The Labute approximate surface area is 132 Å². The van der Waals surface area contributed by atoms with Crippen molar-refractivity contribution in [3.63, 3.8) is 0 Å². The number of sulfonamides is 1. The van der Waals surface area contributed by atoms with Crippen LogP contribution in [-0.2, 0) is 19.9 Å². The zero-order chi connectivity index (χ0) is 16.4. The van der Waals surface area contributed by atoms with Crippen molar-refractivity contribution in [3.05, 3.63) is 53.2 Å². The van der Waals surface area contributed by atoms with Gasteiger partial charge in [-0.3, -0.25) is 0 Å². The second-order valence-electron chi connectivity index (χ2n) is 4.64. The SMILES string of the molecule is CS(=O)(=O)NC[C@@H](c1ccc(F)cc1)S(=O)(=O)c1cccs1. The van der Waals surface area contributed by atoms with Crippen LogP contribution in [0.2, 0.25) is 0 Å². The van der Waals surface area contributed by atoms with Crippen LogP contribution in [0.3, 0.4) is 0 Å². The molecule has 5 nitrogen and oxygen atoms in total. The number of nitrogens with one attached hydrogen (secondary N) is 1.